The Morgan fingerprint density at radius 1 is 0.950 bits per heavy atom. The standard InChI is InChI=1S/C15H22N4S/c1-4-11-7-8-12(20-11)9-17-15-13(5-2)14(16-6-3)18-10-19-15/h7-8,10H,4-6,9H2,1-3H3,(H2,16,17,18,19). The van der Waals surface area contributed by atoms with Crippen LogP contribution in [-0.4, -0.2) is 16.5 Å². The minimum atomic E-state index is 0.820. The van der Waals surface area contributed by atoms with Crippen molar-refractivity contribution in [1.29, 1.82) is 0 Å². The van der Waals surface area contributed by atoms with E-state index >= 15 is 0 Å². The molecule has 0 aliphatic carbocycles. The lowest BCUT2D eigenvalue weighted by atomic mass is 10.2. The monoisotopic (exact) mass is 290 g/mol. The molecule has 2 aromatic heterocycles. The number of nitrogens with zero attached hydrogens (tertiary/aromatic N) is 2. The van der Waals surface area contributed by atoms with Crippen molar-refractivity contribution in [2.45, 2.75) is 40.2 Å². The van der Waals surface area contributed by atoms with Crippen molar-refractivity contribution in [1.82, 2.24) is 9.97 Å². The van der Waals surface area contributed by atoms with E-state index in [4.69, 9.17) is 0 Å². The van der Waals surface area contributed by atoms with Gasteiger partial charge in [0.2, 0.25) is 0 Å². The van der Waals surface area contributed by atoms with Crippen LogP contribution in [0.25, 0.3) is 0 Å². The molecular formula is C15H22N4S. The first kappa shape index (κ1) is 14.8. The first-order valence-corrected chi connectivity index (χ1v) is 7.99. The quantitative estimate of drug-likeness (QED) is 0.816. The number of aryl methyl sites for hydroxylation is 1. The third-order valence-corrected chi connectivity index (χ3v) is 4.37. The van der Waals surface area contributed by atoms with Crippen LogP contribution in [0.5, 0.6) is 0 Å². The summed E-state index contributed by atoms with van der Waals surface area (Å²) in [4.78, 5) is 11.5. The lowest BCUT2D eigenvalue weighted by Gasteiger charge is -2.13. The summed E-state index contributed by atoms with van der Waals surface area (Å²) >= 11 is 1.86. The zero-order valence-corrected chi connectivity index (χ0v) is 13.2. The van der Waals surface area contributed by atoms with Crippen LogP contribution in [0.15, 0.2) is 18.5 Å². The lowest BCUT2D eigenvalue weighted by Crippen LogP contribution is -2.09. The van der Waals surface area contributed by atoms with Gasteiger partial charge in [-0.15, -0.1) is 11.3 Å². The van der Waals surface area contributed by atoms with Gasteiger partial charge in [-0.05, 0) is 31.9 Å². The summed E-state index contributed by atoms with van der Waals surface area (Å²) in [6.45, 7) is 8.08. The van der Waals surface area contributed by atoms with Gasteiger partial charge in [0, 0.05) is 21.9 Å². The van der Waals surface area contributed by atoms with Gasteiger partial charge < -0.3 is 10.6 Å². The number of nitrogens with one attached hydrogen (secondary N) is 2. The van der Waals surface area contributed by atoms with Crippen molar-refractivity contribution >= 4 is 23.0 Å². The summed E-state index contributed by atoms with van der Waals surface area (Å²) in [5.41, 5.74) is 1.15. The molecule has 0 spiro atoms. The largest absolute Gasteiger partial charge is 0.370 e. The fraction of sp³-hybridized carbons (Fsp3) is 0.467. The minimum absolute atomic E-state index is 0.820. The molecule has 2 heterocycles. The van der Waals surface area contributed by atoms with Gasteiger partial charge in [-0.25, -0.2) is 9.97 Å². The molecule has 0 amide bonds. The van der Waals surface area contributed by atoms with Crippen molar-refractivity contribution in [2.24, 2.45) is 0 Å². The van der Waals surface area contributed by atoms with E-state index in [0.29, 0.717) is 0 Å². The summed E-state index contributed by atoms with van der Waals surface area (Å²) < 4.78 is 0. The second-order valence-electron chi connectivity index (χ2n) is 4.51. The van der Waals surface area contributed by atoms with Crippen LogP contribution in [0, 0.1) is 0 Å². The zero-order valence-electron chi connectivity index (χ0n) is 12.4. The molecule has 0 saturated carbocycles. The van der Waals surface area contributed by atoms with Crippen LogP contribution >= 0.6 is 11.3 Å². The molecule has 0 fully saturated rings. The molecule has 108 valence electrons. The van der Waals surface area contributed by atoms with Crippen LogP contribution < -0.4 is 10.6 Å². The van der Waals surface area contributed by atoms with E-state index in [-0.39, 0.29) is 0 Å². The van der Waals surface area contributed by atoms with Gasteiger partial charge >= 0.3 is 0 Å². The van der Waals surface area contributed by atoms with Crippen molar-refractivity contribution in [3.05, 3.63) is 33.8 Å². The van der Waals surface area contributed by atoms with Crippen LogP contribution in [0.3, 0.4) is 0 Å². The number of rotatable bonds is 7. The van der Waals surface area contributed by atoms with Gasteiger partial charge in [-0.1, -0.05) is 13.8 Å². The van der Waals surface area contributed by atoms with E-state index in [9.17, 15) is 0 Å². The number of hydrogen-bond donors (Lipinski definition) is 2. The molecule has 0 aliphatic rings. The number of aromatic nitrogens is 2. The Morgan fingerprint density at radius 3 is 2.25 bits per heavy atom. The Kier molecular flexibility index (Phi) is 5.35. The van der Waals surface area contributed by atoms with Gasteiger partial charge in [-0.2, -0.15) is 0 Å². The predicted octanol–water partition coefficient (Wildman–Crippen LogP) is 3.71. The third-order valence-electron chi connectivity index (χ3n) is 3.14. The van der Waals surface area contributed by atoms with Crippen LogP contribution in [0.2, 0.25) is 0 Å². The molecule has 2 N–H and O–H groups in total. The smallest absolute Gasteiger partial charge is 0.135 e. The second-order valence-corrected chi connectivity index (χ2v) is 5.76. The number of anilines is 2. The maximum atomic E-state index is 4.38. The molecule has 2 rings (SSSR count). The van der Waals surface area contributed by atoms with E-state index in [0.717, 1.165) is 43.1 Å². The van der Waals surface area contributed by atoms with E-state index in [1.165, 1.54) is 9.75 Å². The summed E-state index contributed by atoms with van der Waals surface area (Å²) in [7, 11) is 0. The Labute approximate surface area is 124 Å². The molecule has 0 bridgehead atoms. The fourth-order valence-corrected chi connectivity index (χ4v) is 3.00. The van der Waals surface area contributed by atoms with Gasteiger partial charge in [0.15, 0.2) is 0 Å². The molecule has 0 unspecified atom stereocenters. The van der Waals surface area contributed by atoms with Crippen molar-refractivity contribution in [3.63, 3.8) is 0 Å². The number of thiophene rings is 1. The summed E-state index contributed by atoms with van der Waals surface area (Å²) in [6.07, 6.45) is 3.63. The van der Waals surface area contributed by atoms with Crippen LogP contribution in [0.1, 0.15) is 36.1 Å². The highest BCUT2D eigenvalue weighted by Gasteiger charge is 2.09. The SMILES string of the molecule is CCNc1ncnc(NCc2ccc(CC)s2)c1CC. The Bertz CT molecular complexity index is 551. The molecule has 20 heavy (non-hydrogen) atoms. The van der Waals surface area contributed by atoms with E-state index < -0.39 is 0 Å². The van der Waals surface area contributed by atoms with E-state index in [1.807, 2.05) is 11.3 Å². The summed E-state index contributed by atoms with van der Waals surface area (Å²) in [6, 6.07) is 4.39. The minimum Gasteiger partial charge on any atom is -0.370 e. The molecule has 4 nitrogen and oxygen atoms in total. The number of hydrogen-bond acceptors (Lipinski definition) is 5. The lowest BCUT2D eigenvalue weighted by molar-refractivity contribution is 1.00. The first-order valence-electron chi connectivity index (χ1n) is 7.17. The molecule has 0 atom stereocenters. The van der Waals surface area contributed by atoms with Gasteiger partial charge in [0.25, 0.3) is 0 Å². The van der Waals surface area contributed by atoms with Gasteiger partial charge in [0.05, 0.1) is 6.54 Å². The Balaban J connectivity index is 2.10. The fourth-order valence-electron chi connectivity index (χ4n) is 2.10. The predicted molar refractivity (Wildman–Crippen MR) is 86.6 cm³/mol. The molecule has 0 aromatic carbocycles. The topological polar surface area (TPSA) is 49.8 Å². The summed E-state index contributed by atoms with van der Waals surface area (Å²) in [5.74, 6) is 1.87. The maximum Gasteiger partial charge on any atom is 0.135 e. The third kappa shape index (κ3) is 3.48. The van der Waals surface area contributed by atoms with E-state index in [2.05, 4.69) is 53.5 Å². The summed E-state index contributed by atoms with van der Waals surface area (Å²) in [5, 5.41) is 6.73. The normalized spacial score (nSPS) is 10.6. The average molecular weight is 290 g/mol. The molecule has 5 heteroatoms. The Morgan fingerprint density at radius 2 is 1.65 bits per heavy atom. The van der Waals surface area contributed by atoms with Crippen molar-refractivity contribution < 1.29 is 0 Å². The molecule has 0 radical (unpaired) electrons. The molecule has 0 saturated heterocycles. The van der Waals surface area contributed by atoms with Crippen molar-refractivity contribution in [2.75, 3.05) is 17.2 Å². The molecular weight excluding hydrogens is 268 g/mol. The first-order chi connectivity index (χ1) is 9.78. The highest BCUT2D eigenvalue weighted by molar-refractivity contribution is 7.12. The van der Waals surface area contributed by atoms with Crippen LogP contribution in [0.4, 0.5) is 11.6 Å². The van der Waals surface area contributed by atoms with Gasteiger partial charge in [-0.3, -0.25) is 0 Å². The highest BCUT2D eigenvalue weighted by Crippen LogP contribution is 2.22. The van der Waals surface area contributed by atoms with E-state index in [1.54, 1.807) is 6.33 Å². The van der Waals surface area contributed by atoms with Crippen molar-refractivity contribution in [3.8, 4) is 0 Å². The zero-order chi connectivity index (χ0) is 14.4. The van der Waals surface area contributed by atoms with Crippen LogP contribution in [-0.2, 0) is 19.4 Å². The molecule has 0 aliphatic heterocycles. The van der Waals surface area contributed by atoms with Gasteiger partial charge in [0.1, 0.15) is 18.0 Å². The Hall–Kier alpha value is -1.62. The average Bonchev–Trinajstić information content (AvgIpc) is 2.93. The second kappa shape index (κ2) is 7.24. The maximum absolute atomic E-state index is 4.38. The molecule has 2 aromatic rings. The highest BCUT2D eigenvalue weighted by atomic mass is 32.1.